The fourth-order valence-electron chi connectivity index (χ4n) is 1.41. The number of aliphatic hydroxyl groups excluding tert-OH is 1. The van der Waals surface area contributed by atoms with Crippen LogP contribution in [-0.2, 0) is 11.3 Å². The van der Waals surface area contributed by atoms with Gasteiger partial charge in [-0.2, -0.15) is 0 Å². The molecule has 0 saturated heterocycles. The van der Waals surface area contributed by atoms with Crippen LogP contribution in [0.3, 0.4) is 0 Å². The Morgan fingerprint density at radius 3 is 3.00 bits per heavy atom. The summed E-state index contributed by atoms with van der Waals surface area (Å²) in [7, 11) is 0. The molecule has 0 bridgehead atoms. The van der Waals surface area contributed by atoms with Gasteiger partial charge in [0, 0.05) is 16.9 Å². The third-order valence-corrected chi connectivity index (χ3v) is 3.36. The lowest BCUT2D eigenvalue weighted by molar-refractivity contribution is -0.121. The number of carbonyl (C=O) groups is 1. The summed E-state index contributed by atoms with van der Waals surface area (Å²) in [5.41, 5.74) is 0.887. The van der Waals surface area contributed by atoms with Gasteiger partial charge in [-0.15, -0.1) is 11.3 Å². The Morgan fingerprint density at radius 2 is 2.33 bits per heavy atom. The number of thiophene rings is 1. The molecule has 1 heterocycles. The van der Waals surface area contributed by atoms with Gasteiger partial charge in [-0.3, -0.25) is 4.79 Å². The van der Waals surface area contributed by atoms with Crippen LogP contribution in [0.25, 0.3) is 0 Å². The average molecular weight is 265 g/mol. The van der Waals surface area contributed by atoms with E-state index in [1.807, 2.05) is 11.4 Å². The first-order chi connectivity index (χ1) is 8.63. The van der Waals surface area contributed by atoms with Crippen LogP contribution in [0.15, 0.2) is 11.4 Å². The molecule has 0 fully saturated rings. The molecule has 1 aromatic heterocycles. The van der Waals surface area contributed by atoms with E-state index in [4.69, 9.17) is 5.11 Å². The van der Waals surface area contributed by atoms with E-state index in [-0.39, 0.29) is 12.5 Å². The maximum absolute atomic E-state index is 11.6. The second-order valence-electron chi connectivity index (χ2n) is 4.43. The van der Waals surface area contributed by atoms with Crippen molar-refractivity contribution in [1.29, 1.82) is 0 Å². The van der Waals surface area contributed by atoms with E-state index in [2.05, 4.69) is 31.0 Å². The summed E-state index contributed by atoms with van der Waals surface area (Å²) >= 11 is 1.57. The Kier molecular flexibility index (Phi) is 6.48. The zero-order valence-corrected chi connectivity index (χ0v) is 11.6. The van der Waals surface area contributed by atoms with Gasteiger partial charge in [0.2, 0.25) is 5.91 Å². The summed E-state index contributed by atoms with van der Waals surface area (Å²) in [6.45, 7) is 4.59. The first-order valence-corrected chi connectivity index (χ1v) is 6.94. The number of rotatable bonds is 5. The van der Waals surface area contributed by atoms with Gasteiger partial charge < -0.3 is 10.4 Å². The molecule has 0 aliphatic heterocycles. The van der Waals surface area contributed by atoms with Crippen LogP contribution < -0.4 is 5.32 Å². The minimum atomic E-state index is -0.143. The predicted octanol–water partition coefficient (Wildman–Crippen LogP) is 2.14. The van der Waals surface area contributed by atoms with Crippen molar-refractivity contribution in [2.24, 2.45) is 5.92 Å². The lowest BCUT2D eigenvalue weighted by Crippen LogP contribution is -2.22. The first-order valence-electron chi connectivity index (χ1n) is 6.06. The van der Waals surface area contributed by atoms with E-state index in [0.29, 0.717) is 18.9 Å². The molecule has 0 saturated carbocycles. The van der Waals surface area contributed by atoms with Gasteiger partial charge in [-0.1, -0.05) is 25.7 Å². The van der Waals surface area contributed by atoms with E-state index in [1.54, 1.807) is 11.3 Å². The fraction of sp³-hybridized carbons (Fsp3) is 0.500. The van der Waals surface area contributed by atoms with Crippen molar-refractivity contribution < 1.29 is 9.90 Å². The van der Waals surface area contributed by atoms with Crippen molar-refractivity contribution in [3.63, 3.8) is 0 Å². The Bertz CT molecular complexity index is 440. The summed E-state index contributed by atoms with van der Waals surface area (Å²) in [5, 5.41) is 13.5. The van der Waals surface area contributed by atoms with Gasteiger partial charge in [0.05, 0.1) is 6.54 Å². The quantitative estimate of drug-likeness (QED) is 0.801. The molecule has 0 atom stereocenters. The van der Waals surface area contributed by atoms with Crippen LogP contribution in [0, 0.1) is 17.8 Å². The summed E-state index contributed by atoms with van der Waals surface area (Å²) in [4.78, 5) is 12.6. The molecule has 4 heteroatoms. The van der Waals surface area contributed by atoms with Gasteiger partial charge in [0.1, 0.15) is 6.61 Å². The highest BCUT2D eigenvalue weighted by atomic mass is 32.1. The Balaban J connectivity index is 2.43. The van der Waals surface area contributed by atoms with Crippen LogP contribution in [0.5, 0.6) is 0 Å². The first kappa shape index (κ1) is 14.7. The van der Waals surface area contributed by atoms with Crippen LogP contribution in [0.4, 0.5) is 0 Å². The van der Waals surface area contributed by atoms with Crippen LogP contribution in [0.1, 0.15) is 37.1 Å². The molecular formula is C14H19NO2S. The third-order valence-electron chi connectivity index (χ3n) is 2.44. The standard InChI is InChI=1S/C14H19NO2S/c1-11(2)5-6-14(17)15-10-13-12(4-3-8-16)7-9-18-13/h7,9,11,16H,5-6,8,10H2,1-2H3,(H,15,17). The maximum atomic E-state index is 11.6. The molecule has 1 rings (SSSR count). The van der Waals surface area contributed by atoms with Crippen molar-refractivity contribution in [3.8, 4) is 11.8 Å². The summed E-state index contributed by atoms with van der Waals surface area (Å²) in [5.74, 6) is 6.12. The number of hydrogen-bond donors (Lipinski definition) is 2. The summed E-state index contributed by atoms with van der Waals surface area (Å²) in [6, 6.07) is 1.91. The molecule has 0 unspecified atom stereocenters. The van der Waals surface area contributed by atoms with Gasteiger partial charge in [0.25, 0.3) is 0 Å². The molecule has 0 radical (unpaired) electrons. The highest BCUT2D eigenvalue weighted by Crippen LogP contribution is 2.15. The van der Waals surface area contributed by atoms with Crippen molar-refractivity contribution in [3.05, 3.63) is 21.9 Å². The van der Waals surface area contributed by atoms with Gasteiger partial charge in [0.15, 0.2) is 0 Å². The van der Waals surface area contributed by atoms with Crippen LogP contribution in [-0.4, -0.2) is 17.6 Å². The van der Waals surface area contributed by atoms with Gasteiger partial charge in [-0.25, -0.2) is 0 Å². The third kappa shape index (κ3) is 5.35. The highest BCUT2D eigenvalue weighted by Gasteiger charge is 2.06. The molecule has 98 valence electrons. The largest absolute Gasteiger partial charge is 0.384 e. The molecule has 2 N–H and O–H groups in total. The summed E-state index contributed by atoms with van der Waals surface area (Å²) < 4.78 is 0. The van der Waals surface area contributed by atoms with E-state index in [1.165, 1.54) is 0 Å². The average Bonchev–Trinajstić information content (AvgIpc) is 2.78. The van der Waals surface area contributed by atoms with E-state index in [0.717, 1.165) is 16.9 Å². The minimum Gasteiger partial charge on any atom is -0.384 e. The molecule has 1 aromatic rings. The monoisotopic (exact) mass is 265 g/mol. The van der Waals surface area contributed by atoms with Crippen molar-refractivity contribution >= 4 is 17.2 Å². The lowest BCUT2D eigenvalue weighted by Gasteiger charge is -2.06. The molecule has 18 heavy (non-hydrogen) atoms. The molecule has 0 aliphatic carbocycles. The molecular weight excluding hydrogens is 246 g/mol. The molecule has 0 aromatic carbocycles. The van der Waals surface area contributed by atoms with Crippen molar-refractivity contribution in [1.82, 2.24) is 5.32 Å². The molecule has 0 aliphatic rings. The smallest absolute Gasteiger partial charge is 0.220 e. The zero-order valence-electron chi connectivity index (χ0n) is 10.8. The van der Waals surface area contributed by atoms with Gasteiger partial charge in [-0.05, 0) is 23.8 Å². The van der Waals surface area contributed by atoms with Crippen LogP contribution >= 0.6 is 11.3 Å². The SMILES string of the molecule is CC(C)CCC(=O)NCc1sccc1C#CCO. The van der Waals surface area contributed by atoms with Crippen molar-refractivity contribution in [2.75, 3.05) is 6.61 Å². The number of amides is 1. The zero-order chi connectivity index (χ0) is 13.4. The van der Waals surface area contributed by atoms with Crippen molar-refractivity contribution in [2.45, 2.75) is 33.2 Å². The fourth-order valence-corrected chi connectivity index (χ4v) is 2.18. The number of carbonyl (C=O) groups excluding carboxylic acids is 1. The Labute approximate surface area is 112 Å². The topological polar surface area (TPSA) is 49.3 Å². The highest BCUT2D eigenvalue weighted by molar-refractivity contribution is 7.10. The Hall–Kier alpha value is -1.31. The number of aliphatic hydroxyl groups is 1. The van der Waals surface area contributed by atoms with E-state index >= 15 is 0 Å². The second-order valence-corrected chi connectivity index (χ2v) is 5.43. The van der Waals surface area contributed by atoms with Crippen LogP contribution in [0.2, 0.25) is 0 Å². The molecule has 3 nitrogen and oxygen atoms in total. The number of hydrogen-bond acceptors (Lipinski definition) is 3. The van der Waals surface area contributed by atoms with E-state index < -0.39 is 0 Å². The molecule has 1 amide bonds. The lowest BCUT2D eigenvalue weighted by atomic mass is 10.1. The van der Waals surface area contributed by atoms with Gasteiger partial charge >= 0.3 is 0 Å². The second kappa shape index (κ2) is 7.91. The Morgan fingerprint density at radius 1 is 1.56 bits per heavy atom. The predicted molar refractivity (Wildman–Crippen MR) is 74.2 cm³/mol. The normalized spacial score (nSPS) is 10.0. The molecule has 0 spiro atoms. The number of nitrogens with one attached hydrogen (secondary N) is 1. The maximum Gasteiger partial charge on any atom is 0.220 e. The van der Waals surface area contributed by atoms with E-state index in [9.17, 15) is 4.79 Å². The minimum absolute atomic E-state index is 0.0816. The summed E-state index contributed by atoms with van der Waals surface area (Å²) in [6.07, 6.45) is 1.48.